The zero-order valence-electron chi connectivity index (χ0n) is 12.1. The van der Waals surface area contributed by atoms with Crippen molar-refractivity contribution in [2.45, 2.75) is 13.0 Å². The summed E-state index contributed by atoms with van der Waals surface area (Å²) in [5.74, 6) is 2.60. The van der Waals surface area contributed by atoms with Crippen LogP contribution in [0.4, 0.5) is 11.6 Å². The highest BCUT2D eigenvalue weighted by atomic mass is 79.9. The van der Waals surface area contributed by atoms with Gasteiger partial charge in [-0.25, -0.2) is 9.97 Å². The summed E-state index contributed by atoms with van der Waals surface area (Å²) in [7, 11) is 3.91. The Labute approximate surface area is 132 Å². The summed E-state index contributed by atoms with van der Waals surface area (Å²) in [5.41, 5.74) is 2.39. The topological polar surface area (TPSA) is 50.3 Å². The van der Waals surface area contributed by atoms with Crippen LogP contribution in [-0.4, -0.2) is 30.7 Å². The fourth-order valence-corrected chi connectivity index (χ4v) is 2.99. The minimum atomic E-state index is 0.654. The number of nitrogens with one attached hydrogen (secondary N) is 1. The van der Waals surface area contributed by atoms with Gasteiger partial charge in [0.1, 0.15) is 5.75 Å². The molecule has 0 fully saturated rings. The largest absolute Gasteiger partial charge is 0.493 e. The SMILES string of the molecule is CN(C)c1nccnc1NCc1cc(Br)cc2c1OCC2. The Morgan fingerprint density at radius 2 is 2.10 bits per heavy atom. The number of hydrogen-bond acceptors (Lipinski definition) is 5. The van der Waals surface area contributed by atoms with Gasteiger partial charge in [0.15, 0.2) is 11.6 Å². The molecular weight excluding hydrogens is 332 g/mol. The fraction of sp³-hybridized carbons (Fsp3) is 0.333. The fourth-order valence-electron chi connectivity index (χ4n) is 2.44. The molecule has 3 rings (SSSR count). The van der Waals surface area contributed by atoms with Gasteiger partial charge < -0.3 is 15.0 Å². The summed E-state index contributed by atoms with van der Waals surface area (Å²) in [6, 6.07) is 4.21. The lowest BCUT2D eigenvalue weighted by molar-refractivity contribution is 0.354. The van der Waals surface area contributed by atoms with E-state index in [-0.39, 0.29) is 0 Å². The molecule has 1 aliphatic rings. The molecule has 1 N–H and O–H groups in total. The lowest BCUT2D eigenvalue weighted by Crippen LogP contribution is -2.15. The summed E-state index contributed by atoms with van der Waals surface area (Å²) in [6.07, 6.45) is 4.35. The standard InChI is InChI=1S/C15H17BrN4O/c1-20(2)15-14(17-4-5-18-15)19-9-11-8-12(16)7-10-3-6-21-13(10)11/h4-5,7-8H,3,6,9H2,1-2H3,(H,17,19). The van der Waals surface area contributed by atoms with Crippen LogP contribution in [0.15, 0.2) is 29.0 Å². The van der Waals surface area contributed by atoms with E-state index in [1.807, 2.05) is 19.0 Å². The predicted molar refractivity (Wildman–Crippen MR) is 87.0 cm³/mol. The van der Waals surface area contributed by atoms with Crippen molar-refractivity contribution in [3.63, 3.8) is 0 Å². The lowest BCUT2D eigenvalue weighted by Gasteiger charge is -2.16. The van der Waals surface area contributed by atoms with Gasteiger partial charge in [0.2, 0.25) is 0 Å². The van der Waals surface area contributed by atoms with Gasteiger partial charge in [-0.15, -0.1) is 0 Å². The van der Waals surface area contributed by atoms with E-state index in [0.29, 0.717) is 6.54 Å². The average molecular weight is 349 g/mol. The molecule has 1 aromatic heterocycles. The number of halogens is 1. The molecule has 0 atom stereocenters. The highest BCUT2D eigenvalue weighted by Gasteiger charge is 2.18. The first-order valence-electron chi connectivity index (χ1n) is 6.81. The molecule has 0 unspecified atom stereocenters. The summed E-state index contributed by atoms with van der Waals surface area (Å²) in [4.78, 5) is 10.6. The minimum absolute atomic E-state index is 0.654. The number of ether oxygens (including phenoxy) is 1. The Morgan fingerprint density at radius 1 is 1.29 bits per heavy atom. The van der Waals surface area contributed by atoms with Crippen molar-refractivity contribution in [2.75, 3.05) is 30.9 Å². The zero-order chi connectivity index (χ0) is 14.8. The summed E-state index contributed by atoms with van der Waals surface area (Å²) >= 11 is 3.56. The van der Waals surface area contributed by atoms with Crippen molar-refractivity contribution in [3.05, 3.63) is 40.1 Å². The summed E-state index contributed by atoms with van der Waals surface area (Å²) in [6.45, 7) is 1.41. The third kappa shape index (κ3) is 2.95. The summed E-state index contributed by atoms with van der Waals surface area (Å²) in [5, 5.41) is 3.35. The molecule has 0 bridgehead atoms. The van der Waals surface area contributed by atoms with Gasteiger partial charge in [0, 0.05) is 49.5 Å². The molecule has 110 valence electrons. The van der Waals surface area contributed by atoms with Crippen molar-refractivity contribution in [3.8, 4) is 5.75 Å². The molecule has 1 aromatic carbocycles. The van der Waals surface area contributed by atoms with Gasteiger partial charge in [-0.05, 0) is 17.7 Å². The van der Waals surface area contributed by atoms with E-state index < -0.39 is 0 Å². The monoisotopic (exact) mass is 348 g/mol. The smallest absolute Gasteiger partial charge is 0.171 e. The Morgan fingerprint density at radius 3 is 2.90 bits per heavy atom. The van der Waals surface area contributed by atoms with Crippen LogP contribution < -0.4 is 15.0 Å². The van der Waals surface area contributed by atoms with Crippen LogP contribution in [0.3, 0.4) is 0 Å². The second kappa shape index (κ2) is 5.89. The van der Waals surface area contributed by atoms with Crippen molar-refractivity contribution >= 4 is 27.6 Å². The highest BCUT2D eigenvalue weighted by Crippen LogP contribution is 2.33. The molecule has 0 radical (unpaired) electrons. The molecule has 6 heteroatoms. The van der Waals surface area contributed by atoms with Gasteiger partial charge in [-0.3, -0.25) is 0 Å². The third-order valence-electron chi connectivity index (χ3n) is 3.37. The quantitative estimate of drug-likeness (QED) is 0.920. The van der Waals surface area contributed by atoms with Crippen molar-refractivity contribution in [2.24, 2.45) is 0 Å². The summed E-state index contributed by atoms with van der Waals surface area (Å²) < 4.78 is 6.82. The lowest BCUT2D eigenvalue weighted by atomic mass is 10.1. The van der Waals surface area contributed by atoms with E-state index in [2.05, 4.69) is 43.3 Å². The van der Waals surface area contributed by atoms with Gasteiger partial charge in [-0.2, -0.15) is 0 Å². The number of nitrogens with zero attached hydrogens (tertiary/aromatic N) is 3. The van der Waals surface area contributed by atoms with E-state index in [4.69, 9.17) is 4.74 Å². The third-order valence-corrected chi connectivity index (χ3v) is 3.83. The Hall–Kier alpha value is -1.82. The molecule has 0 saturated heterocycles. The second-order valence-electron chi connectivity index (χ2n) is 5.13. The van der Waals surface area contributed by atoms with Crippen LogP contribution in [0, 0.1) is 0 Å². The van der Waals surface area contributed by atoms with E-state index in [1.165, 1.54) is 5.56 Å². The maximum atomic E-state index is 5.74. The number of hydrogen-bond donors (Lipinski definition) is 1. The zero-order valence-corrected chi connectivity index (χ0v) is 13.6. The van der Waals surface area contributed by atoms with E-state index in [0.717, 1.165) is 40.4 Å². The second-order valence-corrected chi connectivity index (χ2v) is 6.04. The van der Waals surface area contributed by atoms with E-state index in [9.17, 15) is 0 Å². The molecule has 5 nitrogen and oxygen atoms in total. The number of benzene rings is 1. The number of aromatic nitrogens is 2. The van der Waals surface area contributed by atoms with Crippen molar-refractivity contribution in [1.82, 2.24) is 9.97 Å². The first-order chi connectivity index (χ1) is 10.1. The molecule has 0 amide bonds. The van der Waals surface area contributed by atoms with E-state index >= 15 is 0 Å². The van der Waals surface area contributed by atoms with Crippen molar-refractivity contribution < 1.29 is 4.74 Å². The van der Waals surface area contributed by atoms with Crippen LogP contribution in [-0.2, 0) is 13.0 Å². The Balaban J connectivity index is 1.83. The molecule has 0 aliphatic carbocycles. The van der Waals surface area contributed by atoms with Gasteiger partial charge in [0.05, 0.1) is 6.61 Å². The average Bonchev–Trinajstić information content (AvgIpc) is 2.93. The number of rotatable bonds is 4. The molecular formula is C15H17BrN4O. The first-order valence-corrected chi connectivity index (χ1v) is 7.61. The number of fused-ring (bicyclic) bond motifs is 1. The van der Waals surface area contributed by atoms with E-state index in [1.54, 1.807) is 12.4 Å². The predicted octanol–water partition coefficient (Wildman–Crippen LogP) is 2.85. The van der Waals surface area contributed by atoms with Gasteiger partial charge in [-0.1, -0.05) is 15.9 Å². The van der Waals surface area contributed by atoms with Crippen LogP contribution in [0.2, 0.25) is 0 Å². The first kappa shape index (κ1) is 14.1. The van der Waals surface area contributed by atoms with Gasteiger partial charge >= 0.3 is 0 Å². The molecule has 0 spiro atoms. The molecule has 2 heterocycles. The highest BCUT2D eigenvalue weighted by molar-refractivity contribution is 9.10. The molecule has 1 aliphatic heterocycles. The van der Waals surface area contributed by atoms with Crippen LogP contribution in [0.1, 0.15) is 11.1 Å². The van der Waals surface area contributed by atoms with Gasteiger partial charge in [0.25, 0.3) is 0 Å². The maximum Gasteiger partial charge on any atom is 0.171 e. The maximum absolute atomic E-state index is 5.74. The molecule has 21 heavy (non-hydrogen) atoms. The molecule has 2 aromatic rings. The molecule has 0 saturated carbocycles. The van der Waals surface area contributed by atoms with Crippen LogP contribution in [0.25, 0.3) is 0 Å². The Bertz CT molecular complexity index is 660. The van der Waals surface area contributed by atoms with Crippen LogP contribution >= 0.6 is 15.9 Å². The Kier molecular flexibility index (Phi) is 3.96. The minimum Gasteiger partial charge on any atom is -0.493 e. The van der Waals surface area contributed by atoms with Crippen molar-refractivity contribution in [1.29, 1.82) is 0 Å². The number of anilines is 2. The van der Waals surface area contributed by atoms with Crippen LogP contribution in [0.5, 0.6) is 5.75 Å². The normalized spacial score (nSPS) is 12.7.